The van der Waals surface area contributed by atoms with Gasteiger partial charge in [0.05, 0.1) is 6.61 Å². The van der Waals surface area contributed by atoms with Crippen LogP contribution in [0.3, 0.4) is 0 Å². The van der Waals surface area contributed by atoms with Crippen molar-refractivity contribution >= 4 is 16.1 Å². The van der Waals surface area contributed by atoms with Crippen molar-refractivity contribution < 1.29 is 40.4 Å². The Bertz CT molecular complexity index is 608. The molecule has 6 nitrogen and oxygen atoms in total. The molecule has 20 heavy (non-hydrogen) atoms. The van der Waals surface area contributed by atoms with Crippen LogP contribution in [0.4, 0.5) is 13.2 Å². The first-order valence-corrected chi connectivity index (χ1v) is 6.50. The number of esters is 1. The molecule has 1 aromatic rings. The SMILES string of the molecule is CCOC(=O)c1ccc(OS(=O)(=O)C(F)(F)F)cc1O. The van der Waals surface area contributed by atoms with Gasteiger partial charge in [0.1, 0.15) is 17.1 Å². The third-order valence-electron chi connectivity index (χ3n) is 1.95. The van der Waals surface area contributed by atoms with Crippen molar-refractivity contribution in [2.45, 2.75) is 12.4 Å². The maximum atomic E-state index is 12.1. The quantitative estimate of drug-likeness (QED) is 0.518. The van der Waals surface area contributed by atoms with Crippen LogP contribution >= 0.6 is 0 Å². The van der Waals surface area contributed by atoms with Gasteiger partial charge in [-0.05, 0) is 19.1 Å². The topological polar surface area (TPSA) is 89.9 Å². The number of phenols is 1. The minimum absolute atomic E-state index is 0.0268. The minimum Gasteiger partial charge on any atom is -0.507 e. The van der Waals surface area contributed by atoms with Gasteiger partial charge >= 0.3 is 21.6 Å². The molecule has 1 rings (SSSR count). The van der Waals surface area contributed by atoms with Crippen molar-refractivity contribution in [3.8, 4) is 11.5 Å². The summed E-state index contributed by atoms with van der Waals surface area (Å²) in [7, 11) is -5.84. The fourth-order valence-electron chi connectivity index (χ4n) is 1.12. The van der Waals surface area contributed by atoms with Crippen LogP contribution in [0, 0.1) is 0 Å². The number of hydrogen-bond donors (Lipinski definition) is 1. The van der Waals surface area contributed by atoms with Gasteiger partial charge in [0.15, 0.2) is 0 Å². The first-order valence-electron chi connectivity index (χ1n) is 5.09. The van der Waals surface area contributed by atoms with E-state index in [9.17, 15) is 31.5 Å². The number of carbonyl (C=O) groups is 1. The Morgan fingerprint density at radius 1 is 1.35 bits per heavy atom. The van der Waals surface area contributed by atoms with E-state index >= 15 is 0 Å². The summed E-state index contributed by atoms with van der Waals surface area (Å²) in [6, 6.07) is 2.24. The smallest absolute Gasteiger partial charge is 0.507 e. The van der Waals surface area contributed by atoms with Gasteiger partial charge < -0.3 is 14.0 Å². The second-order valence-corrected chi connectivity index (χ2v) is 4.92. The van der Waals surface area contributed by atoms with Crippen LogP contribution in [0.2, 0.25) is 0 Å². The number of carbonyl (C=O) groups excluding carboxylic acids is 1. The van der Waals surface area contributed by atoms with Gasteiger partial charge in [-0.15, -0.1) is 0 Å². The second kappa shape index (κ2) is 5.57. The summed E-state index contributed by atoms with van der Waals surface area (Å²) in [6.45, 7) is 1.54. The Balaban J connectivity index is 3.03. The maximum absolute atomic E-state index is 12.1. The minimum atomic E-state index is -5.84. The summed E-state index contributed by atoms with van der Waals surface area (Å²) >= 11 is 0. The summed E-state index contributed by atoms with van der Waals surface area (Å²) in [6.07, 6.45) is 0. The Morgan fingerprint density at radius 2 is 1.95 bits per heavy atom. The van der Waals surface area contributed by atoms with E-state index in [1.807, 2.05) is 0 Å². The highest BCUT2D eigenvalue weighted by atomic mass is 32.2. The first kappa shape index (κ1) is 16.1. The molecule has 0 atom stereocenters. The van der Waals surface area contributed by atoms with Crippen molar-refractivity contribution in [1.29, 1.82) is 0 Å². The normalized spacial score (nSPS) is 12.0. The van der Waals surface area contributed by atoms with Gasteiger partial charge in [-0.25, -0.2) is 4.79 Å². The van der Waals surface area contributed by atoms with E-state index in [2.05, 4.69) is 8.92 Å². The molecule has 0 fully saturated rings. The van der Waals surface area contributed by atoms with E-state index < -0.39 is 33.1 Å². The Labute approximate surface area is 111 Å². The summed E-state index contributed by atoms with van der Waals surface area (Å²) in [5, 5.41) is 9.43. The molecule has 0 bridgehead atoms. The molecule has 0 radical (unpaired) electrons. The van der Waals surface area contributed by atoms with Crippen LogP contribution in [0.5, 0.6) is 11.5 Å². The molecule has 1 N–H and O–H groups in total. The van der Waals surface area contributed by atoms with Gasteiger partial charge in [0.2, 0.25) is 0 Å². The third-order valence-corrected chi connectivity index (χ3v) is 2.93. The molecule has 0 aliphatic carbocycles. The summed E-state index contributed by atoms with van der Waals surface area (Å²) in [4.78, 5) is 11.3. The predicted octanol–water partition coefficient (Wildman–Crippen LogP) is 1.80. The highest BCUT2D eigenvalue weighted by Gasteiger charge is 2.48. The lowest BCUT2D eigenvalue weighted by molar-refractivity contribution is -0.0500. The monoisotopic (exact) mass is 314 g/mol. The van der Waals surface area contributed by atoms with Crippen molar-refractivity contribution in [2.75, 3.05) is 6.61 Å². The number of rotatable bonds is 4. The molecule has 0 spiro atoms. The van der Waals surface area contributed by atoms with Crippen LogP contribution in [0.25, 0.3) is 0 Å². The average molecular weight is 314 g/mol. The van der Waals surface area contributed by atoms with E-state index in [-0.39, 0.29) is 12.2 Å². The van der Waals surface area contributed by atoms with Crippen LogP contribution in [0.1, 0.15) is 17.3 Å². The number of alkyl halides is 3. The first-order chi connectivity index (χ1) is 9.08. The number of benzene rings is 1. The molecule has 0 heterocycles. The maximum Gasteiger partial charge on any atom is 0.534 e. The zero-order valence-corrected chi connectivity index (χ0v) is 10.8. The predicted molar refractivity (Wildman–Crippen MR) is 59.7 cm³/mol. The van der Waals surface area contributed by atoms with Crippen LogP contribution in [-0.4, -0.2) is 31.6 Å². The lowest BCUT2D eigenvalue weighted by Crippen LogP contribution is -2.28. The van der Waals surface area contributed by atoms with E-state index in [0.29, 0.717) is 6.07 Å². The van der Waals surface area contributed by atoms with E-state index in [4.69, 9.17) is 0 Å². The summed E-state index contributed by atoms with van der Waals surface area (Å²) in [5.74, 6) is -2.46. The van der Waals surface area contributed by atoms with E-state index in [1.165, 1.54) is 6.92 Å². The Kier molecular flexibility index (Phi) is 4.48. The Morgan fingerprint density at radius 3 is 2.40 bits per heavy atom. The zero-order valence-electron chi connectivity index (χ0n) is 9.97. The van der Waals surface area contributed by atoms with Gasteiger partial charge in [-0.2, -0.15) is 21.6 Å². The van der Waals surface area contributed by atoms with Crippen molar-refractivity contribution in [2.24, 2.45) is 0 Å². The molecule has 0 saturated carbocycles. The molecule has 0 aliphatic heterocycles. The number of phenolic OH excluding ortho intramolecular Hbond substituents is 1. The molecule has 0 aliphatic rings. The van der Waals surface area contributed by atoms with Crippen LogP contribution in [-0.2, 0) is 14.9 Å². The molecule has 0 saturated heterocycles. The number of halogens is 3. The molecule has 1 aromatic carbocycles. The fourth-order valence-corrected chi connectivity index (χ4v) is 1.57. The highest BCUT2D eigenvalue weighted by molar-refractivity contribution is 7.88. The number of hydrogen-bond acceptors (Lipinski definition) is 6. The van der Waals surface area contributed by atoms with Gasteiger partial charge in [0.25, 0.3) is 0 Å². The molecular weight excluding hydrogens is 305 g/mol. The molecule has 112 valence electrons. The Hall–Kier alpha value is -1.97. The third kappa shape index (κ3) is 3.53. The summed E-state index contributed by atoms with van der Waals surface area (Å²) < 4.78 is 66.0. The summed E-state index contributed by atoms with van der Waals surface area (Å²) in [5.41, 5.74) is -5.92. The average Bonchev–Trinajstić information content (AvgIpc) is 2.27. The fraction of sp³-hybridized carbons (Fsp3) is 0.300. The van der Waals surface area contributed by atoms with Gasteiger partial charge in [-0.3, -0.25) is 0 Å². The molecule has 0 unspecified atom stereocenters. The van der Waals surface area contributed by atoms with Crippen molar-refractivity contribution in [1.82, 2.24) is 0 Å². The molecular formula is C10H9F3O6S. The van der Waals surface area contributed by atoms with Crippen molar-refractivity contribution in [3.63, 3.8) is 0 Å². The van der Waals surface area contributed by atoms with Gasteiger partial charge in [0, 0.05) is 6.07 Å². The number of ether oxygens (including phenoxy) is 1. The lowest BCUT2D eigenvalue weighted by Gasteiger charge is -2.10. The molecule has 0 amide bonds. The van der Waals surface area contributed by atoms with Crippen LogP contribution in [0.15, 0.2) is 18.2 Å². The van der Waals surface area contributed by atoms with Crippen molar-refractivity contribution in [3.05, 3.63) is 23.8 Å². The van der Waals surface area contributed by atoms with E-state index in [1.54, 1.807) is 0 Å². The largest absolute Gasteiger partial charge is 0.534 e. The number of aromatic hydroxyl groups is 1. The molecule has 10 heteroatoms. The lowest BCUT2D eigenvalue weighted by atomic mass is 10.2. The van der Waals surface area contributed by atoms with E-state index in [0.717, 1.165) is 12.1 Å². The highest BCUT2D eigenvalue weighted by Crippen LogP contribution is 2.30. The standard InChI is InChI=1S/C10H9F3O6S/c1-2-18-9(15)7-4-3-6(5-8(7)14)19-20(16,17)10(11,12)13/h3-5,14H,2H2,1H3. The molecule has 0 aromatic heterocycles. The van der Waals surface area contributed by atoms with Gasteiger partial charge in [-0.1, -0.05) is 0 Å². The second-order valence-electron chi connectivity index (χ2n) is 3.38. The van der Waals surface area contributed by atoms with Crippen LogP contribution < -0.4 is 4.18 Å². The zero-order chi connectivity index (χ0) is 15.6.